The van der Waals surface area contributed by atoms with Gasteiger partial charge in [-0.15, -0.1) is 0 Å². The molecule has 0 radical (unpaired) electrons. The molecule has 0 spiro atoms. The Morgan fingerprint density at radius 1 is 1.12 bits per heavy atom. The van der Waals surface area contributed by atoms with Crippen molar-refractivity contribution in [2.75, 3.05) is 11.1 Å². The van der Waals surface area contributed by atoms with Crippen molar-refractivity contribution < 1.29 is 13.2 Å². The molecule has 0 bridgehead atoms. The van der Waals surface area contributed by atoms with E-state index in [1.165, 1.54) is 11.3 Å². The van der Waals surface area contributed by atoms with Crippen molar-refractivity contribution >= 4 is 42.4 Å². The van der Waals surface area contributed by atoms with Crippen LogP contribution in [0.5, 0.6) is 0 Å². The van der Waals surface area contributed by atoms with Crippen LogP contribution in [-0.4, -0.2) is 25.1 Å². The van der Waals surface area contributed by atoms with Gasteiger partial charge < -0.3 is 5.32 Å². The molecule has 0 fully saturated rings. The molecule has 25 heavy (non-hydrogen) atoms. The zero-order chi connectivity index (χ0) is 17.9. The first kappa shape index (κ1) is 17.6. The summed E-state index contributed by atoms with van der Waals surface area (Å²) in [7, 11) is -3.35. The highest BCUT2D eigenvalue weighted by atomic mass is 32.2. The van der Waals surface area contributed by atoms with Crippen molar-refractivity contribution in [3.8, 4) is 0 Å². The lowest BCUT2D eigenvalue weighted by atomic mass is 10.2. The fourth-order valence-electron chi connectivity index (χ4n) is 2.49. The molecule has 1 aromatic heterocycles. The average molecular weight is 374 g/mol. The Balaban J connectivity index is 1.57. The van der Waals surface area contributed by atoms with Crippen molar-refractivity contribution in [1.29, 1.82) is 0 Å². The van der Waals surface area contributed by atoms with Gasteiger partial charge in [0, 0.05) is 6.42 Å². The van der Waals surface area contributed by atoms with Gasteiger partial charge in [-0.25, -0.2) is 13.4 Å². The number of nitrogens with one attached hydrogen (secondary N) is 1. The number of hydrogen-bond acceptors (Lipinski definition) is 5. The summed E-state index contributed by atoms with van der Waals surface area (Å²) in [5.41, 5.74) is 1.94. The molecule has 0 unspecified atom stereocenters. The lowest BCUT2D eigenvalue weighted by molar-refractivity contribution is -0.116. The van der Waals surface area contributed by atoms with E-state index >= 15 is 0 Å². The zero-order valence-electron chi connectivity index (χ0n) is 13.7. The van der Waals surface area contributed by atoms with Crippen LogP contribution in [0.4, 0.5) is 5.13 Å². The van der Waals surface area contributed by atoms with Crippen molar-refractivity contribution in [2.45, 2.75) is 24.7 Å². The fraction of sp³-hybridized carbons (Fsp3) is 0.222. The number of aryl methyl sites for hydroxylation is 1. The van der Waals surface area contributed by atoms with Crippen LogP contribution < -0.4 is 5.32 Å². The molecule has 0 aliphatic heterocycles. The smallest absolute Gasteiger partial charge is 0.226 e. The van der Waals surface area contributed by atoms with Gasteiger partial charge in [0.25, 0.3) is 0 Å². The molecule has 2 aromatic carbocycles. The lowest BCUT2D eigenvalue weighted by Gasteiger charge is -2.04. The molecule has 3 aromatic rings. The largest absolute Gasteiger partial charge is 0.302 e. The average Bonchev–Trinajstić information content (AvgIpc) is 2.99. The number of nitrogens with zero attached hydrogens (tertiary/aromatic N) is 1. The number of rotatable bonds is 6. The van der Waals surface area contributed by atoms with Crippen molar-refractivity contribution in [3.63, 3.8) is 0 Å². The number of aromatic nitrogens is 1. The summed E-state index contributed by atoms with van der Waals surface area (Å²) < 4.78 is 25.4. The van der Waals surface area contributed by atoms with Crippen LogP contribution in [0.1, 0.15) is 18.4 Å². The van der Waals surface area contributed by atoms with Crippen molar-refractivity contribution in [3.05, 3.63) is 54.1 Å². The predicted octanol–water partition coefficient (Wildman–Crippen LogP) is 3.80. The van der Waals surface area contributed by atoms with Crippen LogP contribution in [0.3, 0.4) is 0 Å². The topological polar surface area (TPSA) is 76.1 Å². The van der Waals surface area contributed by atoms with Gasteiger partial charge in [-0.3, -0.25) is 4.79 Å². The minimum absolute atomic E-state index is 0.0522. The molecular weight excluding hydrogens is 356 g/mol. The summed E-state index contributed by atoms with van der Waals surface area (Å²) in [5, 5.41) is 3.30. The zero-order valence-corrected chi connectivity index (χ0v) is 15.4. The van der Waals surface area contributed by atoms with E-state index in [4.69, 9.17) is 0 Å². The normalized spacial score (nSPS) is 11.6. The Morgan fingerprint density at radius 2 is 1.88 bits per heavy atom. The molecule has 130 valence electrons. The summed E-state index contributed by atoms with van der Waals surface area (Å²) in [4.78, 5) is 16.8. The van der Waals surface area contributed by atoms with E-state index in [1.807, 2.05) is 25.1 Å². The Hall–Kier alpha value is -2.25. The number of carbonyl (C=O) groups is 1. The molecule has 0 saturated carbocycles. The molecule has 1 amide bonds. The molecule has 7 heteroatoms. The molecule has 0 aliphatic carbocycles. The Bertz CT molecular complexity index is 996. The molecule has 3 rings (SSSR count). The fourth-order valence-corrected chi connectivity index (χ4v) is 4.78. The first-order valence-corrected chi connectivity index (χ1v) is 10.4. The molecule has 1 heterocycles. The minimum atomic E-state index is -3.35. The van der Waals surface area contributed by atoms with Crippen LogP contribution >= 0.6 is 11.3 Å². The van der Waals surface area contributed by atoms with Gasteiger partial charge >= 0.3 is 0 Å². The van der Waals surface area contributed by atoms with Crippen LogP contribution in [0.25, 0.3) is 10.2 Å². The highest BCUT2D eigenvalue weighted by Gasteiger charge is 2.15. The Morgan fingerprint density at radius 3 is 2.60 bits per heavy atom. The maximum Gasteiger partial charge on any atom is 0.226 e. The van der Waals surface area contributed by atoms with E-state index in [9.17, 15) is 13.2 Å². The quantitative estimate of drug-likeness (QED) is 0.712. The highest BCUT2D eigenvalue weighted by molar-refractivity contribution is 7.91. The number of thiazole rings is 1. The predicted molar refractivity (Wildman–Crippen MR) is 101 cm³/mol. The second-order valence-electron chi connectivity index (χ2n) is 5.72. The van der Waals surface area contributed by atoms with Gasteiger partial charge in [0.15, 0.2) is 15.0 Å². The second-order valence-corrected chi connectivity index (χ2v) is 8.86. The monoisotopic (exact) mass is 374 g/mol. The van der Waals surface area contributed by atoms with E-state index in [2.05, 4.69) is 10.3 Å². The van der Waals surface area contributed by atoms with Gasteiger partial charge in [-0.1, -0.05) is 41.7 Å². The van der Waals surface area contributed by atoms with E-state index < -0.39 is 9.84 Å². The maximum absolute atomic E-state index is 12.2. The van der Waals surface area contributed by atoms with Gasteiger partial charge in [-0.2, -0.15) is 0 Å². The maximum atomic E-state index is 12.2. The third-order valence-corrected chi connectivity index (χ3v) is 6.54. The van der Waals surface area contributed by atoms with E-state index in [0.29, 0.717) is 5.13 Å². The Labute approximate surface area is 150 Å². The molecule has 5 nitrogen and oxygen atoms in total. The van der Waals surface area contributed by atoms with E-state index in [1.54, 1.807) is 30.3 Å². The first-order valence-electron chi connectivity index (χ1n) is 7.89. The molecular formula is C18H18N2O3S2. The third kappa shape index (κ3) is 4.24. The van der Waals surface area contributed by atoms with Gasteiger partial charge in [0.1, 0.15) is 0 Å². The SMILES string of the molecule is Cc1cccc2sc(NC(=O)CCCS(=O)(=O)c3ccccc3)nc12. The van der Waals surface area contributed by atoms with E-state index in [-0.39, 0.29) is 29.4 Å². The minimum Gasteiger partial charge on any atom is -0.302 e. The second kappa shape index (κ2) is 7.33. The van der Waals surface area contributed by atoms with Gasteiger partial charge in [-0.05, 0) is 37.1 Å². The van der Waals surface area contributed by atoms with Crippen LogP contribution in [0, 0.1) is 6.92 Å². The number of benzene rings is 2. The van der Waals surface area contributed by atoms with Gasteiger partial charge in [0.05, 0.1) is 20.9 Å². The third-order valence-electron chi connectivity index (χ3n) is 3.79. The van der Waals surface area contributed by atoms with Crippen LogP contribution in [0.2, 0.25) is 0 Å². The number of para-hydroxylation sites is 1. The number of carbonyl (C=O) groups excluding carboxylic acids is 1. The first-order chi connectivity index (χ1) is 12.0. The van der Waals surface area contributed by atoms with Crippen LogP contribution in [0.15, 0.2) is 53.4 Å². The highest BCUT2D eigenvalue weighted by Crippen LogP contribution is 2.28. The number of anilines is 1. The summed E-state index contributed by atoms with van der Waals surface area (Å²) >= 11 is 1.41. The van der Waals surface area contributed by atoms with E-state index in [0.717, 1.165) is 15.8 Å². The number of sulfone groups is 1. The van der Waals surface area contributed by atoms with Crippen LogP contribution in [-0.2, 0) is 14.6 Å². The number of amides is 1. The molecule has 1 N–H and O–H groups in total. The summed E-state index contributed by atoms with van der Waals surface area (Å²) in [6.45, 7) is 1.97. The summed E-state index contributed by atoms with van der Waals surface area (Å²) in [6, 6.07) is 14.2. The van der Waals surface area contributed by atoms with Crippen molar-refractivity contribution in [1.82, 2.24) is 4.98 Å². The molecule has 0 saturated heterocycles. The van der Waals surface area contributed by atoms with Crippen molar-refractivity contribution in [2.24, 2.45) is 0 Å². The molecule has 0 aliphatic rings. The number of fused-ring (bicyclic) bond motifs is 1. The summed E-state index contributed by atoms with van der Waals surface area (Å²) in [6.07, 6.45) is 0.411. The summed E-state index contributed by atoms with van der Waals surface area (Å²) in [5.74, 6) is -0.274. The standard InChI is InChI=1S/C18H18N2O3S2/c1-13-7-5-10-15-17(13)20-18(24-15)19-16(21)11-6-12-25(22,23)14-8-3-2-4-9-14/h2-5,7-10H,6,11-12H2,1H3,(H,19,20,21). The Kier molecular flexibility index (Phi) is 5.15. The van der Waals surface area contributed by atoms with Gasteiger partial charge in [0.2, 0.25) is 5.91 Å². The number of hydrogen-bond donors (Lipinski definition) is 1. The molecule has 0 atom stereocenters. The lowest BCUT2D eigenvalue weighted by Crippen LogP contribution is -2.14.